The lowest BCUT2D eigenvalue weighted by Gasteiger charge is -2.36. The Labute approximate surface area is 369 Å². The summed E-state index contributed by atoms with van der Waals surface area (Å²) in [5, 5.41) is 21.0. The Balaban J connectivity index is 2.65. The normalized spacial score (nSPS) is 15.6. The minimum Gasteiger partial charge on any atom is -0.507 e. The molecule has 0 aliphatic heterocycles. The summed E-state index contributed by atoms with van der Waals surface area (Å²) < 4.78 is 499. The molecule has 410 valence electrons. The van der Waals surface area contributed by atoms with Crippen molar-refractivity contribution in [3.8, 4) is 33.8 Å². The van der Waals surface area contributed by atoms with Crippen LogP contribution in [0.15, 0.2) is 48.5 Å². The van der Waals surface area contributed by atoms with Crippen LogP contribution in [0, 0.1) is 0 Å². The summed E-state index contributed by atoms with van der Waals surface area (Å²) in [5.74, 6) is -101. The molecule has 2 nitrogen and oxygen atoms in total. The van der Waals surface area contributed by atoms with Gasteiger partial charge >= 0.3 is 95.8 Å². The molecule has 0 fully saturated rings. The Morgan fingerprint density at radius 3 is 0.500 bits per heavy atom. The molecule has 0 unspecified atom stereocenters. The van der Waals surface area contributed by atoms with Crippen molar-refractivity contribution < 1.29 is 168 Å². The molecule has 3 rings (SSSR count). The van der Waals surface area contributed by atoms with E-state index in [-0.39, 0.29) is 0 Å². The van der Waals surface area contributed by atoms with Crippen LogP contribution >= 0.6 is 0 Å². The summed E-state index contributed by atoms with van der Waals surface area (Å²) >= 11 is 0. The Morgan fingerprint density at radius 1 is 0.208 bits per heavy atom. The summed E-state index contributed by atoms with van der Waals surface area (Å²) in [7, 11) is 0. The number of hydrogen-bond acceptors (Lipinski definition) is 2. The third-order valence-electron chi connectivity index (χ3n) is 9.63. The largest absolute Gasteiger partial charge is 0.507 e. The van der Waals surface area contributed by atoms with Gasteiger partial charge in [-0.1, -0.05) is 0 Å². The van der Waals surface area contributed by atoms with Crippen molar-refractivity contribution in [3.63, 3.8) is 0 Å². The molecule has 0 bridgehead atoms. The zero-order valence-corrected chi connectivity index (χ0v) is 32.1. The molecule has 72 heavy (non-hydrogen) atoms. The van der Waals surface area contributed by atoms with Crippen molar-refractivity contribution in [2.45, 2.75) is 95.8 Å². The summed E-state index contributed by atoms with van der Waals surface area (Å²) in [6, 6.07) is -10.7. The second kappa shape index (κ2) is 16.6. The highest BCUT2D eigenvalue weighted by molar-refractivity contribution is 5.82. The zero-order chi connectivity index (χ0) is 57.4. The second-order valence-corrected chi connectivity index (χ2v) is 14.4. The zero-order valence-electron chi connectivity index (χ0n) is 32.1. The number of benzene rings is 3. The first-order valence-electron chi connectivity index (χ1n) is 16.9. The summed E-state index contributed by atoms with van der Waals surface area (Å²) in [5.41, 5.74) is -24.8. The molecule has 0 spiro atoms. The van der Waals surface area contributed by atoms with Crippen molar-refractivity contribution in [2.24, 2.45) is 0 Å². The van der Waals surface area contributed by atoms with Crippen molar-refractivity contribution in [2.75, 3.05) is 0 Å². The highest BCUT2D eigenvalue weighted by Crippen LogP contribution is 2.63. The summed E-state index contributed by atoms with van der Waals surface area (Å²) in [4.78, 5) is 0. The molecule has 0 amide bonds. The van der Waals surface area contributed by atoms with E-state index in [2.05, 4.69) is 0 Å². The average Bonchev–Trinajstić information content (AvgIpc) is 3.18. The van der Waals surface area contributed by atoms with E-state index >= 15 is 35.1 Å². The average molecular weight is 1130 g/mol. The number of halogens is 36. The minimum absolute atomic E-state index is 0.879. The van der Waals surface area contributed by atoms with E-state index in [1.807, 2.05) is 0 Å². The molecule has 0 saturated carbocycles. The Bertz CT molecular complexity index is 2210. The van der Waals surface area contributed by atoms with Gasteiger partial charge < -0.3 is 10.2 Å². The van der Waals surface area contributed by atoms with Gasteiger partial charge in [-0.2, -0.15) is 158 Å². The number of aromatic hydroxyl groups is 2. The molecule has 0 aromatic heterocycles. The van der Waals surface area contributed by atoms with Crippen molar-refractivity contribution in [1.29, 1.82) is 0 Å². The molecule has 0 atom stereocenters. The highest BCUT2D eigenvalue weighted by atomic mass is 19.5. The van der Waals surface area contributed by atoms with E-state index < -0.39 is 200 Å². The van der Waals surface area contributed by atoms with Crippen LogP contribution in [0.1, 0.15) is 22.3 Å². The topological polar surface area (TPSA) is 40.5 Å². The van der Waals surface area contributed by atoms with Gasteiger partial charge in [0.1, 0.15) is 11.5 Å². The molecule has 38 heteroatoms. The van der Waals surface area contributed by atoms with Crippen LogP contribution < -0.4 is 0 Å². The highest BCUT2D eigenvalue weighted by Gasteiger charge is 2.86. The Kier molecular flexibility index (Phi) is 14.1. The van der Waals surface area contributed by atoms with E-state index in [0.29, 0.717) is 0 Å². The predicted molar refractivity (Wildman–Crippen MR) is 160 cm³/mol. The van der Waals surface area contributed by atoms with Gasteiger partial charge in [0.25, 0.3) is 0 Å². The number of phenolic OH excluding ortho intramolecular Hbond substituents is 2. The Hall–Kier alpha value is -5.26. The third-order valence-corrected chi connectivity index (χ3v) is 9.63. The van der Waals surface area contributed by atoms with E-state index in [1.165, 1.54) is 0 Å². The Morgan fingerprint density at radius 2 is 0.361 bits per heavy atom. The van der Waals surface area contributed by atoms with Crippen molar-refractivity contribution in [1.82, 2.24) is 0 Å². The molecule has 2 N–H and O–H groups in total. The van der Waals surface area contributed by atoms with Gasteiger partial charge in [-0.05, 0) is 59.7 Å². The molecule has 0 heterocycles. The van der Waals surface area contributed by atoms with Crippen LogP contribution in [-0.4, -0.2) is 82.3 Å². The van der Waals surface area contributed by atoms with Gasteiger partial charge in [-0.15, -0.1) is 0 Å². The first-order chi connectivity index (χ1) is 31.2. The molecule has 0 radical (unpaired) electrons. The molecule has 3 aromatic carbocycles. The maximum atomic E-state index is 15.1. The van der Waals surface area contributed by atoms with E-state index in [9.17, 15) is 133 Å². The lowest BCUT2D eigenvalue weighted by molar-refractivity contribution is -0.400. The van der Waals surface area contributed by atoms with E-state index in [0.717, 1.165) is 0 Å². The maximum absolute atomic E-state index is 15.1. The van der Waals surface area contributed by atoms with Gasteiger partial charge in [0, 0.05) is 33.4 Å². The van der Waals surface area contributed by atoms with Crippen LogP contribution in [0.3, 0.4) is 0 Å². The number of phenols is 2. The predicted octanol–water partition coefficient (Wildman–Crippen LogP) is 16.1. The van der Waals surface area contributed by atoms with Crippen LogP contribution in [0.2, 0.25) is 0 Å². The molecular formula is C34H10F36O2. The number of hydrogen-bond donors (Lipinski definition) is 2. The lowest BCUT2D eigenvalue weighted by Crippen LogP contribution is -2.60. The van der Waals surface area contributed by atoms with Gasteiger partial charge in [-0.3, -0.25) is 0 Å². The molecular weight excluding hydrogens is 1120 g/mol. The third kappa shape index (κ3) is 8.61. The fourth-order valence-electron chi connectivity index (χ4n) is 5.56. The van der Waals surface area contributed by atoms with E-state index in [1.54, 1.807) is 0 Å². The number of rotatable bonds is 14. The van der Waals surface area contributed by atoms with Gasteiger partial charge in [0.05, 0.1) is 0 Å². The second-order valence-electron chi connectivity index (χ2n) is 14.4. The molecule has 0 saturated heterocycles. The summed E-state index contributed by atoms with van der Waals surface area (Å²) in [6.07, 6.45) is -31.5. The SMILES string of the molecule is Oc1cc(-c2cc(C(F)(F)C(F)(F)C(F)(F)C(F)(F)F)cc(C(F)(F)C(F)(F)C(F)(F)C(F)(F)F)c2)c(O)cc1-c1cc(C(F)(F)C(F)(F)C(F)(F)C(F)(F)F)cc(C(F)(F)C(F)(F)C(F)(F)C(F)(F)F)c1. The van der Waals surface area contributed by atoms with Crippen LogP contribution in [0.4, 0.5) is 158 Å². The number of alkyl halides is 36. The smallest absolute Gasteiger partial charge is 0.460 e. The van der Waals surface area contributed by atoms with Gasteiger partial charge in [0.2, 0.25) is 0 Å². The first-order valence-corrected chi connectivity index (χ1v) is 16.9. The van der Waals surface area contributed by atoms with Crippen LogP contribution in [-0.2, 0) is 23.7 Å². The van der Waals surface area contributed by atoms with Gasteiger partial charge in [-0.25, -0.2) is 0 Å². The fraction of sp³-hybridized carbons (Fsp3) is 0.471. The van der Waals surface area contributed by atoms with Crippen molar-refractivity contribution >= 4 is 0 Å². The van der Waals surface area contributed by atoms with Crippen LogP contribution in [0.25, 0.3) is 22.3 Å². The monoisotopic (exact) mass is 1130 g/mol. The fourth-order valence-corrected chi connectivity index (χ4v) is 5.56. The van der Waals surface area contributed by atoms with Crippen LogP contribution in [0.5, 0.6) is 11.5 Å². The standard InChI is InChI=1S/C34H10F36O2/c35-19(36,23(43,44)27(51,52)31(59,60)61)11-1-9(2-12(5-11)20(37,38)24(45,46)28(53,54)32(62,63)64)15-7-18(72)16(8-17(15)71)10-3-13(21(39,40)25(47,48)29(55,56)33(65,66)67)6-14(4-10)22(41,42)26(49,50)30(57,58)34(68,69)70/h1-8,71-72H. The van der Waals surface area contributed by atoms with Crippen molar-refractivity contribution in [3.05, 3.63) is 70.8 Å². The quantitative estimate of drug-likeness (QED) is 0.125. The maximum Gasteiger partial charge on any atom is 0.460 e. The van der Waals surface area contributed by atoms with Gasteiger partial charge in [0.15, 0.2) is 0 Å². The molecule has 0 aliphatic carbocycles. The minimum atomic E-state index is -8.16. The molecule has 3 aromatic rings. The lowest BCUT2D eigenvalue weighted by atomic mass is 9.86. The van der Waals surface area contributed by atoms with E-state index in [4.69, 9.17) is 0 Å². The first kappa shape index (κ1) is 61.0. The molecule has 0 aliphatic rings. The summed E-state index contributed by atoms with van der Waals surface area (Å²) in [6.45, 7) is 0.